The van der Waals surface area contributed by atoms with E-state index < -0.39 is 36.0 Å². The van der Waals surface area contributed by atoms with Crippen LogP contribution in [0.1, 0.15) is 33.6 Å². The lowest BCUT2D eigenvalue weighted by Crippen LogP contribution is -2.21. The molecule has 0 fully saturated rings. The van der Waals surface area contributed by atoms with E-state index in [9.17, 15) is 19.2 Å². The van der Waals surface area contributed by atoms with Gasteiger partial charge < -0.3 is 0 Å². The van der Waals surface area contributed by atoms with Crippen LogP contribution in [0.5, 0.6) is 0 Å². The van der Waals surface area contributed by atoms with E-state index in [1.807, 2.05) is 0 Å². The summed E-state index contributed by atoms with van der Waals surface area (Å²) in [6.07, 6.45) is -1.08. The molecule has 0 atom stereocenters. The van der Waals surface area contributed by atoms with Crippen LogP contribution in [0.4, 0.5) is 0 Å². The van der Waals surface area contributed by atoms with Crippen LogP contribution in [-0.2, 0) is 9.59 Å². The molecule has 0 spiro atoms. The summed E-state index contributed by atoms with van der Waals surface area (Å²) >= 11 is 5.72. The molecule has 0 unspecified atom stereocenters. The number of carbonyl (C=O) groups excluding carboxylic acids is 4. The van der Waals surface area contributed by atoms with E-state index in [1.165, 1.54) is 24.3 Å². The zero-order chi connectivity index (χ0) is 16.8. The fourth-order valence-electron chi connectivity index (χ4n) is 1.95. The minimum absolute atomic E-state index is 0.296. The van der Waals surface area contributed by atoms with Crippen LogP contribution in [0.2, 0.25) is 5.02 Å². The van der Waals surface area contributed by atoms with Crippen LogP contribution in [-0.4, -0.2) is 23.1 Å². The van der Waals surface area contributed by atoms with Gasteiger partial charge in [-0.1, -0.05) is 41.9 Å². The van der Waals surface area contributed by atoms with Crippen molar-refractivity contribution in [3.8, 4) is 0 Å². The number of halogens is 1. The minimum atomic E-state index is -0.866. The molecule has 0 amide bonds. The van der Waals surface area contributed by atoms with Gasteiger partial charge in [-0.3, -0.25) is 19.2 Å². The smallest absolute Gasteiger partial charge is 0.206 e. The Hall–Kier alpha value is -2.59. The zero-order valence-corrected chi connectivity index (χ0v) is 12.9. The largest absolute Gasteiger partial charge is 0.294 e. The molecule has 2 aromatic rings. The first-order valence-electron chi connectivity index (χ1n) is 6.90. The molecule has 23 heavy (non-hydrogen) atoms. The highest BCUT2D eigenvalue weighted by atomic mass is 35.5. The second kappa shape index (κ2) is 7.61. The molecule has 2 aromatic carbocycles. The Morgan fingerprint density at radius 2 is 1.09 bits per heavy atom. The van der Waals surface area contributed by atoms with E-state index in [1.54, 1.807) is 30.3 Å². The molecule has 116 valence electrons. The molecule has 0 aliphatic carbocycles. The second-order valence-corrected chi connectivity index (χ2v) is 5.36. The first-order chi connectivity index (χ1) is 11.0. The van der Waals surface area contributed by atoms with Gasteiger partial charge in [-0.25, -0.2) is 0 Å². The lowest BCUT2D eigenvalue weighted by Gasteiger charge is -2.02. The molecule has 5 heteroatoms. The van der Waals surface area contributed by atoms with Crippen molar-refractivity contribution in [2.24, 2.45) is 0 Å². The second-order valence-electron chi connectivity index (χ2n) is 4.92. The van der Waals surface area contributed by atoms with Crippen molar-refractivity contribution in [1.29, 1.82) is 0 Å². The third-order valence-corrected chi connectivity index (χ3v) is 3.47. The van der Waals surface area contributed by atoms with Gasteiger partial charge in [0.15, 0.2) is 11.6 Å². The third-order valence-electron chi connectivity index (χ3n) is 3.22. The SMILES string of the molecule is O=C(CC(=O)c1ccccc1)C(=O)CC(=O)c1ccc(Cl)cc1. The first-order valence-corrected chi connectivity index (χ1v) is 7.28. The van der Waals surface area contributed by atoms with Crippen molar-refractivity contribution in [2.45, 2.75) is 12.8 Å². The molecule has 0 heterocycles. The Balaban J connectivity index is 1.95. The van der Waals surface area contributed by atoms with E-state index in [4.69, 9.17) is 11.6 Å². The van der Waals surface area contributed by atoms with Crippen molar-refractivity contribution in [1.82, 2.24) is 0 Å². The van der Waals surface area contributed by atoms with Crippen LogP contribution in [0.15, 0.2) is 54.6 Å². The Morgan fingerprint density at radius 1 is 0.652 bits per heavy atom. The van der Waals surface area contributed by atoms with E-state index >= 15 is 0 Å². The maximum absolute atomic E-state index is 11.9. The third kappa shape index (κ3) is 4.69. The number of ketones is 4. The Kier molecular flexibility index (Phi) is 5.55. The first kappa shape index (κ1) is 16.8. The van der Waals surface area contributed by atoms with Gasteiger partial charge in [0.25, 0.3) is 0 Å². The van der Waals surface area contributed by atoms with Gasteiger partial charge in [0.1, 0.15) is 0 Å². The zero-order valence-electron chi connectivity index (χ0n) is 12.1. The van der Waals surface area contributed by atoms with E-state index in [0.717, 1.165) is 0 Å². The topological polar surface area (TPSA) is 68.3 Å². The molecular weight excluding hydrogens is 316 g/mol. The van der Waals surface area contributed by atoms with Gasteiger partial charge in [0.05, 0.1) is 12.8 Å². The van der Waals surface area contributed by atoms with Crippen molar-refractivity contribution in [3.05, 3.63) is 70.7 Å². The van der Waals surface area contributed by atoms with Crippen LogP contribution in [0.25, 0.3) is 0 Å². The highest BCUT2D eigenvalue weighted by molar-refractivity contribution is 6.44. The molecule has 0 aliphatic rings. The lowest BCUT2D eigenvalue weighted by atomic mass is 10.00. The summed E-state index contributed by atoms with van der Waals surface area (Å²) in [6.45, 7) is 0. The summed E-state index contributed by atoms with van der Waals surface area (Å²) in [7, 11) is 0. The maximum atomic E-state index is 11.9. The number of Topliss-reactive ketones (excluding diaryl/α,β-unsaturated/α-hetero) is 4. The molecule has 4 nitrogen and oxygen atoms in total. The number of carbonyl (C=O) groups is 4. The average Bonchev–Trinajstić information content (AvgIpc) is 2.56. The molecular formula is C18H13ClO4. The van der Waals surface area contributed by atoms with Crippen molar-refractivity contribution in [3.63, 3.8) is 0 Å². The molecule has 0 aromatic heterocycles. The predicted molar refractivity (Wildman–Crippen MR) is 85.8 cm³/mol. The van der Waals surface area contributed by atoms with E-state index in [-0.39, 0.29) is 0 Å². The summed E-state index contributed by atoms with van der Waals surface area (Å²) in [5.41, 5.74) is 0.655. The monoisotopic (exact) mass is 328 g/mol. The van der Waals surface area contributed by atoms with Crippen molar-refractivity contribution in [2.75, 3.05) is 0 Å². The van der Waals surface area contributed by atoms with Crippen molar-refractivity contribution < 1.29 is 19.2 Å². The van der Waals surface area contributed by atoms with Gasteiger partial charge >= 0.3 is 0 Å². The van der Waals surface area contributed by atoms with Crippen LogP contribution < -0.4 is 0 Å². The number of hydrogen-bond donors (Lipinski definition) is 0. The summed E-state index contributed by atoms with van der Waals surface area (Å²) in [5, 5.41) is 0.470. The quantitative estimate of drug-likeness (QED) is 0.444. The summed E-state index contributed by atoms with van der Waals surface area (Å²) in [4.78, 5) is 47.4. The highest BCUT2D eigenvalue weighted by Gasteiger charge is 2.21. The molecule has 0 N–H and O–H groups in total. The molecule has 0 saturated heterocycles. The average molecular weight is 329 g/mol. The minimum Gasteiger partial charge on any atom is -0.294 e. The Labute approximate surface area is 138 Å². The van der Waals surface area contributed by atoms with Gasteiger partial charge in [0.2, 0.25) is 11.6 Å². The summed E-state index contributed by atoms with van der Waals surface area (Å²) in [6, 6.07) is 14.2. The van der Waals surface area contributed by atoms with E-state index in [2.05, 4.69) is 0 Å². The molecule has 0 bridgehead atoms. The maximum Gasteiger partial charge on any atom is 0.206 e. The lowest BCUT2D eigenvalue weighted by molar-refractivity contribution is -0.135. The molecule has 0 radical (unpaired) electrons. The Morgan fingerprint density at radius 3 is 1.57 bits per heavy atom. The standard InChI is InChI=1S/C18H13ClO4/c19-14-8-6-13(7-9-14)16(21)11-18(23)17(22)10-15(20)12-4-2-1-3-5-12/h1-9H,10-11H2. The Bertz CT molecular complexity index is 748. The normalized spacial score (nSPS) is 10.1. The predicted octanol–water partition coefficient (Wildman–Crippen LogP) is 3.32. The fraction of sp³-hybridized carbons (Fsp3) is 0.111. The van der Waals surface area contributed by atoms with Crippen LogP contribution in [0, 0.1) is 0 Å². The number of rotatable bonds is 7. The van der Waals surface area contributed by atoms with Gasteiger partial charge in [0, 0.05) is 16.1 Å². The summed E-state index contributed by atoms with van der Waals surface area (Å²) in [5.74, 6) is -2.65. The fourth-order valence-corrected chi connectivity index (χ4v) is 2.08. The van der Waals surface area contributed by atoms with Crippen LogP contribution in [0.3, 0.4) is 0 Å². The number of hydrogen-bond acceptors (Lipinski definition) is 4. The number of benzene rings is 2. The molecule has 2 rings (SSSR count). The van der Waals surface area contributed by atoms with Crippen molar-refractivity contribution >= 4 is 34.7 Å². The summed E-state index contributed by atoms with van der Waals surface area (Å²) < 4.78 is 0. The van der Waals surface area contributed by atoms with Gasteiger partial charge in [-0.05, 0) is 24.3 Å². The molecule has 0 aliphatic heterocycles. The van der Waals surface area contributed by atoms with Gasteiger partial charge in [-0.2, -0.15) is 0 Å². The van der Waals surface area contributed by atoms with E-state index in [0.29, 0.717) is 16.1 Å². The van der Waals surface area contributed by atoms with Crippen LogP contribution >= 0.6 is 11.6 Å². The van der Waals surface area contributed by atoms with Gasteiger partial charge in [-0.15, -0.1) is 0 Å². The molecule has 0 saturated carbocycles. The highest BCUT2D eigenvalue weighted by Crippen LogP contribution is 2.12.